The number of fused-ring (bicyclic) bond motifs is 1. The average Bonchev–Trinajstić information content (AvgIpc) is 2.85. The molecule has 0 aliphatic carbocycles. The highest BCUT2D eigenvalue weighted by atomic mass is 16.7. The lowest BCUT2D eigenvalue weighted by molar-refractivity contribution is 0.138. The van der Waals surface area contributed by atoms with Gasteiger partial charge in [0.25, 0.3) is 0 Å². The van der Waals surface area contributed by atoms with Gasteiger partial charge in [-0.15, -0.1) is 0 Å². The van der Waals surface area contributed by atoms with Gasteiger partial charge in [0, 0.05) is 12.4 Å². The minimum absolute atomic E-state index is 0.0747. The predicted octanol–water partition coefficient (Wildman–Crippen LogP) is 3.14. The van der Waals surface area contributed by atoms with Crippen LogP contribution in [-0.4, -0.2) is 20.8 Å². The lowest BCUT2D eigenvalue weighted by Crippen LogP contribution is -2.09. The Morgan fingerprint density at radius 3 is 2.80 bits per heavy atom. The van der Waals surface area contributed by atoms with Crippen molar-refractivity contribution in [3.8, 4) is 6.01 Å². The van der Waals surface area contributed by atoms with E-state index in [0.29, 0.717) is 6.54 Å². The van der Waals surface area contributed by atoms with Crippen molar-refractivity contribution >= 4 is 16.9 Å². The van der Waals surface area contributed by atoms with Crippen LogP contribution >= 0.6 is 0 Å². The maximum atomic E-state index is 10.6. The first kappa shape index (κ1) is 12.2. The fraction of sp³-hybridized carbons (Fsp3) is 0.0667. The number of ether oxygens (including phenoxy) is 1. The second-order valence-corrected chi connectivity index (χ2v) is 4.39. The molecule has 0 aliphatic heterocycles. The summed E-state index contributed by atoms with van der Waals surface area (Å²) in [5.74, 6) is 0. The number of benzene rings is 2. The van der Waals surface area contributed by atoms with Crippen molar-refractivity contribution in [2.75, 3.05) is 0 Å². The van der Waals surface area contributed by atoms with E-state index >= 15 is 0 Å². The van der Waals surface area contributed by atoms with E-state index in [2.05, 4.69) is 21.9 Å². The Morgan fingerprint density at radius 2 is 2.00 bits per heavy atom. The summed E-state index contributed by atoms with van der Waals surface area (Å²) < 4.78 is 6.26. The van der Waals surface area contributed by atoms with Crippen molar-refractivity contribution < 1.29 is 14.6 Å². The summed E-state index contributed by atoms with van der Waals surface area (Å²) in [7, 11) is 0. The number of carbonyl (C=O) groups is 1. The van der Waals surface area contributed by atoms with Crippen LogP contribution < -0.4 is 4.74 Å². The van der Waals surface area contributed by atoms with Crippen molar-refractivity contribution in [2.24, 2.45) is 0 Å². The van der Waals surface area contributed by atoms with Crippen LogP contribution in [-0.2, 0) is 6.54 Å². The van der Waals surface area contributed by atoms with E-state index in [9.17, 15) is 4.79 Å². The van der Waals surface area contributed by atoms with Crippen molar-refractivity contribution in [3.63, 3.8) is 0 Å². The number of hydrogen-bond donors (Lipinski definition) is 1. The van der Waals surface area contributed by atoms with Gasteiger partial charge in [-0.2, -0.15) is 0 Å². The number of imidazole rings is 1. The molecule has 100 valence electrons. The van der Waals surface area contributed by atoms with Crippen molar-refractivity contribution in [1.82, 2.24) is 9.55 Å². The summed E-state index contributed by atoms with van der Waals surface area (Å²) in [6, 6.07) is 14.3. The zero-order valence-corrected chi connectivity index (χ0v) is 10.6. The third-order valence-corrected chi connectivity index (χ3v) is 3.02. The zero-order valence-electron chi connectivity index (χ0n) is 10.6. The molecule has 0 saturated carbocycles. The Labute approximate surface area is 115 Å². The topological polar surface area (TPSA) is 64.3 Å². The van der Waals surface area contributed by atoms with Crippen LogP contribution in [0.3, 0.4) is 0 Å². The lowest BCUT2D eigenvalue weighted by Gasteiger charge is -2.07. The van der Waals surface area contributed by atoms with Crippen LogP contribution in [0.25, 0.3) is 10.8 Å². The zero-order chi connectivity index (χ0) is 13.9. The molecule has 3 aromatic rings. The first-order valence-corrected chi connectivity index (χ1v) is 6.12. The number of carboxylic acid groups (broad SMARTS) is 1. The van der Waals surface area contributed by atoms with Crippen molar-refractivity contribution in [3.05, 3.63) is 60.4 Å². The van der Waals surface area contributed by atoms with Crippen molar-refractivity contribution in [1.29, 1.82) is 0 Å². The van der Waals surface area contributed by atoms with E-state index in [0.717, 1.165) is 10.9 Å². The van der Waals surface area contributed by atoms with Crippen LogP contribution in [0.15, 0.2) is 54.9 Å². The minimum atomic E-state index is -1.36. The largest absolute Gasteiger partial charge is 0.513 e. The molecule has 5 heteroatoms. The van der Waals surface area contributed by atoms with E-state index in [1.807, 2.05) is 30.3 Å². The molecule has 0 saturated heterocycles. The second-order valence-electron chi connectivity index (χ2n) is 4.39. The maximum Gasteiger partial charge on any atom is 0.513 e. The molecule has 20 heavy (non-hydrogen) atoms. The maximum absolute atomic E-state index is 10.6. The first-order valence-electron chi connectivity index (χ1n) is 6.12. The highest BCUT2D eigenvalue weighted by Crippen LogP contribution is 2.18. The summed E-state index contributed by atoms with van der Waals surface area (Å²) in [5, 5.41) is 11.0. The summed E-state index contributed by atoms with van der Waals surface area (Å²) in [6.07, 6.45) is 1.84. The molecule has 0 aliphatic rings. The van der Waals surface area contributed by atoms with E-state index in [1.165, 1.54) is 11.6 Å². The Balaban J connectivity index is 1.89. The fourth-order valence-electron chi connectivity index (χ4n) is 2.13. The van der Waals surface area contributed by atoms with Gasteiger partial charge in [-0.1, -0.05) is 36.4 Å². The van der Waals surface area contributed by atoms with Gasteiger partial charge in [-0.3, -0.25) is 4.57 Å². The van der Waals surface area contributed by atoms with Gasteiger partial charge in [0.05, 0.1) is 6.54 Å². The van der Waals surface area contributed by atoms with Gasteiger partial charge in [-0.25, -0.2) is 9.78 Å². The Bertz CT molecular complexity index is 764. The average molecular weight is 268 g/mol. The normalized spacial score (nSPS) is 10.6. The summed E-state index contributed by atoms with van der Waals surface area (Å²) in [5.41, 5.74) is 1.05. The standard InChI is InChI=1S/C15H12N2O3/c18-15(19)20-14-16-7-8-17(14)10-11-5-6-12-3-1-2-4-13(12)9-11/h1-9H,10H2,(H,18,19). The van der Waals surface area contributed by atoms with E-state index in [-0.39, 0.29) is 6.01 Å². The third-order valence-electron chi connectivity index (χ3n) is 3.02. The van der Waals surface area contributed by atoms with Gasteiger partial charge in [-0.05, 0) is 22.4 Å². The summed E-state index contributed by atoms with van der Waals surface area (Å²) >= 11 is 0. The lowest BCUT2D eigenvalue weighted by atomic mass is 10.1. The monoisotopic (exact) mass is 268 g/mol. The van der Waals surface area contributed by atoms with Crippen LogP contribution in [0.5, 0.6) is 6.01 Å². The highest BCUT2D eigenvalue weighted by molar-refractivity contribution is 5.82. The van der Waals surface area contributed by atoms with E-state index in [1.54, 1.807) is 10.8 Å². The van der Waals surface area contributed by atoms with Crippen LogP contribution in [0.1, 0.15) is 5.56 Å². The van der Waals surface area contributed by atoms with Crippen LogP contribution in [0.4, 0.5) is 4.79 Å². The Kier molecular flexibility index (Phi) is 3.09. The molecule has 0 spiro atoms. The predicted molar refractivity (Wildman–Crippen MR) is 73.9 cm³/mol. The number of rotatable bonds is 3. The number of hydrogen-bond acceptors (Lipinski definition) is 3. The second kappa shape index (κ2) is 5.05. The molecule has 1 heterocycles. The molecule has 1 aromatic heterocycles. The molecule has 2 aromatic carbocycles. The third kappa shape index (κ3) is 2.47. The van der Waals surface area contributed by atoms with Crippen molar-refractivity contribution in [2.45, 2.75) is 6.54 Å². The summed E-state index contributed by atoms with van der Waals surface area (Å²) in [6.45, 7) is 0.507. The molecule has 0 bridgehead atoms. The van der Waals surface area contributed by atoms with Gasteiger partial charge in [0.2, 0.25) is 0 Å². The smallest absolute Gasteiger partial charge is 0.449 e. The Hall–Kier alpha value is -2.82. The molecule has 5 nitrogen and oxygen atoms in total. The highest BCUT2D eigenvalue weighted by Gasteiger charge is 2.09. The van der Waals surface area contributed by atoms with Crippen LogP contribution in [0, 0.1) is 0 Å². The quantitative estimate of drug-likeness (QED) is 0.741. The van der Waals surface area contributed by atoms with Gasteiger partial charge in [0.1, 0.15) is 0 Å². The van der Waals surface area contributed by atoms with Gasteiger partial charge >= 0.3 is 12.2 Å². The molecule has 1 N–H and O–H groups in total. The number of nitrogens with zero attached hydrogens (tertiary/aromatic N) is 2. The molecular weight excluding hydrogens is 256 g/mol. The molecule has 0 amide bonds. The van der Waals surface area contributed by atoms with Gasteiger partial charge in [0.15, 0.2) is 0 Å². The van der Waals surface area contributed by atoms with Gasteiger partial charge < -0.3 is 9.84 Å². The fourth-order valence-corrected chi connectivity index (χ4v) is 2.13. The molecule has 0 fully saturated rings. The number of aromatic nitrogens is 2. The van der Waals surface area contributed by atoms with E-state index < -0.39 is 6.16 Å². The molecular formula is C15H12N2O3. The molecule has 3 rings (SSSR count). The Morgan fingerprint density at radius 1 is 1.20 bits per heavy atom. The first-order chi connectivity index (χ1) is 9.72. The SMILES string of the molecule is O=C(O)Oc1nccn1Cc1ccc2ccccc2c1. The summed E-state index contributed by atoms with van der Waals surface area (Å²) in [4.78, 5) is 14.4. The molecule has 0 unspecified atom stereocenters. The minimum Gasteiger partial charge on any atom is -0.449 e. The van der Waals surface area contributed by atoms with E-state index in [4.69, 9.17) is 5.11 Å². The molecule has 0 radical (unpaired) electrons. The van der Waals surface area contributed by atoms with Crippen LogP contribution in [0.2, 0.25) is 0 Å². The molecule has 0 atom stereocenters.